The topological polar surface area (TPSA) is 101 Å². The van der Waals surface area contributed by atoms with Crippen molar-refractivity contribution in [3.63, 3.8) is 0 Å². The second-order valence-electron chi connectivity index (χ2n) is 4.02. The lowest BCUT2D eigenvalue weighted by Crippen LogP contribution is -2.25. The summed E-state index contributed by atoms with van der Waals surface area (Å²) < 4.78 is 0. The predicted octanol–water partition coefficient (Wildman–Crippen LogP) is 1.79. The standard InChI is InChI=1S/C14H10N4O2/c15-5-7-18(8-6-16)13-11-4-2-1-3-10(11)12(9-17-13)14(19)20/h1-4,9H,7-8H2,(H,19,20). The molecule has 0 atom stereocenters. The number of hydrogen-bond donors (Lipinski definition) is 1. The van der Waals surface area contributed by atoms with Gasteiger partial charge in [-0.1, -0.05) is 24.3 Å². The number of benzene rings is 1. The van der Waals surface area contributed by atoms with Crippen molar-refractivity contribution in [2.24, 2.45) is 0 Å². The van der Waals surface area contributed by atoms with E-state index in [1.165, 1.54) is 11.1 Å². The molecule has 6 nitrogen and oxygen atoms in total. The average molecular weight is 266 g/mol. The fourth-order valence-corrected chi connectivity index (χ4v) is 1.98. The Bertz CT molecular complexity index is 727. The first kappa shape index (κ1) is 13.3. The van der Waals surface area contributed by atoms with Gasteiger partial charge in [0, 0.05) is 17.0 Å². The Balaban J connectivity index is 2.67. The van der Waals surface area contributed by atoms with Crippen LogP contribution in [0.5, 0.6) is 0 Å². The molecule has 0 saturated heterocycles. The van der Waals surface area contributed by atoms with E-state index in [-0.39, 0.29) is 18.7 Å². The van der Waals surface area contributed by atoms with E-state index >= 15 is 0 Å². The second kappa shape index (κ2) is 5.68. The summed E-state index contributed by atoms with van der Waals surface area (Å²) in [7, 11) is 0. The fourth-order valence-electron chi connectivity index (χ4n) is 1.98. The summed E-state index contributed by atoms with van der Waals surface area (Å²) in [6, 6.07) is 10.8. The van der Waals surface area contributed by atoms with Crippen LogP contribution < -0.4 is 4.90 Å². The van der Waals surface area contributed by atoms with Crippen molar-refractivity contribution in [2.45, 2.75) is 0 Å². The Morgan fingerprint density at radius 3 is 2.35 bits per heavy atom. The van der Waals surface area contributed by atoms with Gasteiger partial charge in [0.05, 0.1) is 17.7 Å². The van der Waals surface area contributed by atoms with Crippen LogP contribution in [0.4, 0.5) is 5.82 Å². The lowest BCUT2D eigenvalue weighted by atomic mass is 10.1. The van der Waals surface area contributed by atoms with Crippen LogP contribution >= 0.6 is 0 Å². The molecule has 0 fully saturated rings. The van der Waals surface area contributed by atoms with E-state index in [1.54, 1.807) is 24.3 Å². The van der Waals surface area contributed by atoms with Gasteiger partial charge >= 0.3 is 5.97 Å². The number of carboxylic acid groups (broad SMARTS) is 1. The van der Waals surface area contributed by atoms with E-state index < -0.39 is 5.97 Å². The van der Waals surface area contributed by atoms with Gasteiger partial charge in [0.25, 0.3) is 0 Å². The predicted molar refractivity (Wildman–Crippen MR) is 72.1 cm³/mol. The molecule has 1 aromatic heterocycles. The highest BCUT2D eigenvalue weighted by atomic mass is 16.4. The second-order valence-corrected chi connectivity index (χ2v) is 4.02. The van der Waals surface area contributed by atoms with Crippen molar-refractivity contribution >= 4 is 22.6 Å². The van der Waals surface area contributed by atoms with Crippen LogP contribution in [-0.4, -0.2) is 29.1 Å². The molecule has 1 heterocycles. The summed E-state index contributed by atoms with van der Waals surface area (Å²) in [6.07, 6.45) is 1.25. The summed E-state index contributed by atoms with van der Waals surface area (Å²) in [5.74, 6) is -0.624. The number of fused-ring (bicyclic) bond motifs is 1. The SMILES string of the molecule is N#CCN(CC#N)c1ncc(C(=O)O)c2ccccc12. The van der Waals surface area contributed by atoms with Crippen LogP contribution in [0.3, 0.4) is 0 Å². The van der Waals surface area contributed by atoms with Crippen LogP contribution in [-0.2, 0) is 0 Å². The molecule has 0 bridgehead atoms. The molecule has 0 saturated carbocycles. The number of nitrogens with zero attached hydrogens (tertiary/aromatic N) is 4. The summed E-state index contributed by atoms with van der Waals surface area (Å²) >= 11 is 0. The zero-order valence-corrected chi connectivity index (χ0v) is 10.4. The van der Waals surface area contributed by atoms with Crippen molar-refractivity contribution < 1.29 is 9.90 Å². The number of rotatable bonds is 4. The van der Waals surface area contributed by atoms with Crippen molar-refractivity contribution in [1.82, 2.24) is 4.98 Å². The van der Waals surface area contributed by atoms with Crippen LogP contribution in [0, 0.1) is 22.7 Å². The normalized spacial score (nSPS) is 9.70. The first-order valence-corrected chi connectivity index (χ1v) is 5.79. The molecule has 6 heteroatoms. The zero-order chi connectivity index (χ0) is 14.5. The maximum Gasteiger partial charge on any atom is 0.337 e. The van der Waals surface area contributed by atoms with Gasteiger partial charge in [-0.05, 0) is 0 Å². The van der Waals surface area contributed by atoms with Crippen molar-refractivity contribution in [2.75, 3.05) is 18.0 Å². The van der Waals surface area contributed by atoms with Gasteiger partial charge in [-0.15, -0.1) is 0 Å². The molecule has 0 radical (unpaired) electrons. The Morgan fingerprint density at radius 2 is 1.80 bits per heavy atom. The number of aromatic carboxylic acids is 1. The van der Waals surface area contributed by atoms with E-state index in [2.05, 4.69) is 4.98 Å². The van der Waals surface area contributed by atoms with E-state index in [0.29, 0.717) is 16.6 Å². The molecule has 2 aromatic rings. The Hall–Kier alpha value is -3.12. The molecule has 1 aromatic carbocycles. The van der Waals surface area contributed by atoms with E-state index in [4.69, 9.17) is 15.6 Å². The lowest BCUT2D eigenvalue weighted by Gasteiger charge is -2.19. The van der Waals surface area contributed by atoms with Crippen molar-refractivity contribution in [3.8, 4) is 12.1 Å². The first-order valence-electron chi connectivity index (χ1n) is 5.79. The van der Waals surface area contributed by atoms with E-state index in [0.717, 1.165) is 0 Å². The molecular formula is C14H10N4O2. The van der Waals surface area contributed by atoms with Crippen LogP contribution in [0.15, 0.2) is 30.5 Å². The molecule has 0 aliphatic carbocycles. The van der Waals surface area contributed by atoms with Crippen LogP contribution in [0.2, 0.25) is 0 Å². The van der Waals surface area contributed by atoms with Gasteiger partial charge < -0.3 is 10.0 Å². The highest BCUT2D eigenvalue weighted by molar-refractivity contribution is 6.06. The highest BCUT2D eigenvalue weighted by Crippen LogP contribution is 2.27. The molecule has 0 spiro atoms. The number of hydrogen-bond acceptors (Lipinski definition) is 5. The summed E-state index contributed by atoms with van der Waals surface area (Å²) in [4.78, 5) is 16.8. The first-order chi connectivity index (χ1) is 9.69. The molecule has 0 aliphatic rings. The number of aromatic nitrogens is 1. The fraction of sp³-hybridized carbons (Fsp3) is 0.143. The van der Waals surface area contributed by atoms with Gasteiger partial charge in [-0.2, -0.15) is 10.5 Å². The molecular weight excluding hydrogens is 256 g/mol. The molecule has 0 unspecified atom stereocenters. The minimum absolute atomic E-state index is 0.0109. The van der Waals surface area contributed by atoms with E-state index in [9.17, 15) is 4.79 Å². The minimum Gasteiger partial charge on any atom is -0.478 e. The summed E-state index contributed by atoms with van der Waals surface area (Å²) in [5, 5.41) is 27.9. The third-order valence-corrected chi connectivity index (χ3v) is 2.83. The van der Waals surface area contributed by atoms with Gasteiger partial charge in [0.2, 0.25) is 0 Å². The molecule has 98 valence electrons. The van der Waals surface area contributed by atoms with Crippen molar-refractivity contribution in [3.05, 3.63) is 36.0 Å². The average Bonchev–Trinajstić information content (AvgIpc) is 2.45. The largest absolute Gasteiger partial charge is 0.478 e. The number of anilines is 1. The summed E-state index contributed by atoms with van der Waals surface area (Å²) in [6.45, 7) is 0.0218. The highest BCUT2D eigenvalue weighted by Gasteiger charge is 2.16. The summed E-state index contributed by atoms with van der Waals surface area (Å²) in [5.41, 5.74) is 0.0956. The third kappa shape index (κ3) is 2.36. The van der Waals surface area contributed by atoms with Gasteiger partial charge in [0.1, 0.15) is 18.9 Å². The van der Waals surface area contributed by atoms with Crippen molar-refractivity contribution in [1.29, 1.82) is 10.5 Å². The minimum atomic E-state index is -1.06. The quantitative estimate of drug-likeness (QED) is 0.846. The number of pyridine rings is 1. The number of carbonyl (C=O) groups is 1. The maximum absolute atomic E-state index is 11.2. The van der Waals surface area contributed by atoms with Crippen LogP contribution in [0.25, 0.3) is 10.8 Å². The Kier molecular flexibility index (Phi) is 3.78. The van der Waals surface area contributed by atoms with Gasteiger partial charge in [0.15, 0.2) is 0 Å². The molecule has 1 N–H and O–H groups in total. The Morgan fingerprint density at radius 1 is 1.20 bits per heavy atom. The number of nitriles is 2. The lowest BCUT2D eigenvalue weighted by molar-refractivity contribution is 0.0698. The zero-order valence-electron chi connectivity index (χ0n) is 10.4. The van der Waals surface area contributed by atoms with Gasteiger partial charge in [-0.25, -0.2) is 9.78 Å². The molecule has 2 rings (SSSR count). The van der Waals surface area contributed by atoms with E-state index in [1.807, 2.05) is 12.1 Å². The molecule has 0 aliphatic heterocycles. The third-order valence-electron chi connectivity index (χ3n) is 2.83. The molecule has 20 heavy (non-hydrogen) atoms. The maximum atomic E-state index is 11.2. The molecule has 0 amide bonds. The Labute approximate surface area is 115 Å². The van der Waals surface area contributed by atoms with Crippen LogP contribution in [0.1, 0.15) is 10.4 Å². The monoisotopic (exact) mass is 266 g/mol. The smallest absolute Gasteiger partial charge is 0.337 e. The number of carboxylic acids is 1. The van der Waals surface area contributed by atoms with Gasteiger partial charge in [-0.3, -0.25) is 0 Å².